The first-order valence-electron chi connectivity index (χ1n) is 21.8. The van der Waals surface area contributed by atoms with Gasteiger partial charge < -0.3 is 34.0 Å². The van der Waals surface area contributed by atoms with Crippen molar-refractivity contribution >= 4 is 29.1 Å². The zero-order valence-electron chi connectivity index (χ0n) is 34.1. The second kappa shape index (κ2) is 15.1. The van der Waals surface area contributed by atoms with E-state index in [1.807, 2.05) is 36.4 Å². The van der Waals surface area contributed by atoms with Crippen molar-refractivity contribution in [3.8, 4) is 17.2 Å². The van der Waals surface area contributed by atoms with Gasteiger partial charge in [0.25, 0.3) is 5.91 Å². The summed E-state index contributed by atoms with van der Waals surface area (Å²) < 4.78 is 35.3. The Bertz CT molecular complexity index is 2400. The maximum Gasteiger partial charge on any atom is 0.255 e. The molecular formula is C48H50FN5O7. The van der Waals surface area contributed by atoms with Gasteiger partial charge in [-0.15, -0.1) is 0 Å². The number of carbonyl (C=O) groups is 3. The topological polar surface area (TPSA) is 124 Å². The molecule has 1 unspecified atom stereocenters. The van der Waals surface area contributed by atoms with Gasteiger partial charge in [-0.2, -0.15) is 0 Å². The fourth-order valence-electron chi connectivity index (χ4n) is 11.4. The van der Waals surface area contributed by atoms with Gasteiger partial charge in [-0.3, -0.25) is 24.6 Å². The quantitative estimate of drug-likeness (QED) is 0.239. The van der Waals surface area contributed by atoms with Gasteiger partial charge >= 0.3 is 0 Å². The highest BCUT2D eigenvalue weighted by atomic mass is 19.1. The smallest absolute Gasteiger partial charge is 0.255 e. The first-order chi connectivity index (χ1) is 29.7. The van der Waals surface area contributed by atoms with Gasteiger partial charge in [-0.25, -0.2) is 4.39 Å². The lowest BCUT2D eigenvalue weighted by atomic mass is 9.76. The first-order valence-corrected chi connectivity index (χ1v) is 21.8. The molecule has 0 radical (unpaired) electrons. The van der Waals surface area contributed by atoms with Crippen molar-refractivity contribution in [2.75, 3.05) is 68.9 Å². The number of imide groups is 1. The van der Waals surface area contributed by atoms with Crippen molar-refractivity contribution in [1.82, 2.24) is 15.1 Å². The Kier molecular flexibility index (Phi) is 9.45. The van der Waals surface area contributed by atoms with Crippen molar-refractivity contribution in [1.29, 1.82) is 0 Å². The van der Waals surface area contributed by atoms with Gasteiger partial charge in [0.15, 0.2) is 0 Å². The molecule has 7 heterocycles. The lowest BCUT2D eigenvalue weighted by molar-refractivity contribution is -0.136. The number of piperazine rings is 1. The van der Waals surface area contributed by atoms with Crippen LogP contribution in [0.4, 0.5) is 15.8 Å². The third-order valence-electron chi connectivity index (χ3n) is 14.4. The highest BCUT2D eigenvalue weighted by molar-refractivity contribution is 6.06. The summed E-state index contributed by atoms with van der Waals surface area (Å²) in [5, 5.41) is 12.6. The molecule has 4 aromatic rings. The van der Waals surface area contributed by atoms with E-state index in [0.717, 1.165) is 93.1 Å². The number of nitrogens with one attached hydrogen (secondary N) is 1. The summed E-state index contributed by atoms with van der Waals surface area (Å²) in [5.41, 5.74) is 5.87. The number of rotatable bonds is 6. The Hall–Kier alpha value is -5.66. The molecule has 0 aliphatic carbocycles. The normalized spacial score (nSPS) is 26.9. The molecule has 5 atom stereocenters. The molecule has 1 spiro atoms. The standard InChI is InChI=1S/C48H50FN5O7/c49-38-18-31(45-35-8-7-34(55)20-42(35)60-28-37(45)30-4-2-1-3-5-30)6-9-39(38)52-14-12-48(13-15-52)22-29(26-61-48)23-51-16-17-53-33(25-51)27-59-43-21-36-32(19-41(43)53)24-54(47(36)58)40-10-11-44(56)50-46(40)57/h1-9,18-21,29,33,37,40,45,55H,10-17,22-28H2,(H,50,56,57)/t29?,33-,37-,40-,45-/m0/s1. The number of hydrogen-bond acceptors (Lipinski definition) is 10. The molecule has 13 heteroatoms. The minimum Gasteiger partial charge on any atom is -0.508 e. The Morgan fingerprint density at radius 3 is 2.48 bits per heavy atom. The van der Waals surface area contributed by atoms with E-state index in [-0.39, 0.29) is 53.3 Å². The van der Waals surface area contributed by atoms with E-state index in [0.29, 0.717) is 54.8 Å². The third kappa shape index (κ3) is 6.86. The third-order valence-corrected chi connectivity index (χ3v) is 14.4. The van der Waals surface area contributed by atoms with Crippen LogP contribution in [0.1, 0.15) is 76.6 Å². The number of halogens is 1. The maximum atomic E-state index is 16.2. The molecule has 4 fully saturated rings. The minimum atomic E-state index is -0.645. The average Bonchev–Trinajstić information content (AvgIpc) is 3.81. The Labute approximate surface area is 354 Å². The number of fused-ring (bicyclic) bond motifs is 5. The van der Waals surface area contributed by atoms with Crippen LogP contribution in [0.25, 0.3) is 0 Å². The van der Waals surface area contributed by atoms with Crippen molar-refractivity contribution in [2.24, 2.45) is 5.92 Å². The van der Waals surface area contributed by atoms with Crippen molar-refractivity contribution in [3.63, 3.8) is 0 Å². The molecule has 316 valence electrons. The number of nitrogens with zero attached hydrogens (tertiary/aromatic N) is 4. The van der Waals surface area contributed by atoms with Crippen LogP contribution < -0.4 is 24.6 Å². The lowest BCUT2D eigenvalue weighted by Gasteiger charge is -2.46. The number of benzene rings is 4. The number of piperidine rings is 2. The molecule has 4 saturated heterocycles. The molecular weight excluding hydrogens is 778 g/mol. The van der Waals surface area contributed by atoms with Crippen LogP contribution in [-0.4, -0.2) is 109 Å². The highest BCUT2D eigenvalue weighted by Gasteiger charge is 2.45. The molecule has 12 nitrogen and oxygen atoms in total. The van der Waals surface area contributed by atoms with Crippen molar-refractivity contribution in [3.05, 3.63) is 112 Å². The fraction of sp³-hybridized carbons (Fsp3) is 0.438. The Balaban J connectivity index is 0.709. The van der Waals surface area contributed by atoms with E-state index < -0.39 is 11.9 Å². The second-order valence-electron chi connectivity index (χ2n) is 18.1. The zero-order chi connectivity index (χ0) is 41.4. The lowest BCUT2D eigenvalue weighted by Crippen LogP contribution is -2.58. The number of hydrogen-bond donors (Lipinski definition) is 2. The van der Waals surface area contributed by atoms with Gasteiger partial charge in [0.1, 0.15) is 35.7 Å². The molecule has 0 saturated carbocycles. The van der Waals surface area contributed by atoms with E-state index in [9.17, 15) is 19.5 Å². The minimum absolute atomic E-state index is 0.00191. The van der Waals surface area contributed by atoms with Gasteiger partial charge in [0.2, 0.25) is 11.8 Å². The summed E-state index contributed by atoms with van der Waals surface area (Å²) in [6.07, 6.45) is 3.27. The summed E-state index contributed by atoms with van der Waals surface area (Å²) >= 11 is 0. The van der Waals surface area contributed by atoms with E-state index in [1.165, 1.54) is 0 Å². The van der Waals surface area contributed by atoms with Crippen LogP contribution in [-0.2, 0) is 20.9 Å². The predicted octanol–water partition coefficient (Wildman–Crippen LogP) is 5.56. The summed E-state index contributed by atoms with van der Waals surface area (Å²) in [5.74, 6) is 0.669. The summed E-state index contributed by atoms with van der Waals surface area (Å²) in [7, 11) is 0. The molecule has 61 heavy (non-hydrogen) atoms. The molecule has 4 aromatic carbocycles. The fourth-order valence-corrected chi connectivity index (χ4v) is 11.4. The van der Waals surface area contributed by atoms with Gasteiger partial charge in [0, 0.05) is 81.3 Å². The first kappa shape index (κ1) is 38.3. The molecule has 2 N–H and O–H groups in total. The van der Waals surface area contributed by atoms with Gasteiger partial charge in [-0.05, 0) is 78.6 Å². The van der Waals surface area contributed by atoms with E-state index in [4.69, 9.17) is 14.2 Å². The van der Waals surface area contributed by atoms with Crippen LogP contribution in [0, 0.1) is 11.7 Å². The molecule has 3 amide bonds. The number of carbonyl (C=O) groups excluding carboxylic acids is 3. The highest BCUT2D eigenvalue weighted by Crippen LogP contribution is 2.48. The van der Waals surface area contributed by atoms with Gasteiger partial charge in [0.05, 0.1) is 36.2 Å². The van der Waals surface area contributed by atoms with Crippen LogP contribution in [0.3, 0.4) is 0 Å². The van der Waals surface area contributed by atoms with E-state index in [1.54, 1.807) is 23.1 Å². The molecule has 7 aliphatic heterocycles. The number of phenols is 1. The summed E-state index contributed by atoms with van der Waals surface area (Å²) in [4.78, 5) is 46.4. The molecule has 11 rings (SSSR count). The predicted molar refractivity (Wildman–Crippen MR) is 225 cm³/mol. The van der Waals surface area contributed by atoms with Crippen molar-refractivity contribution in [2.45, 2.75) is 68.2 Å². The average molecular weight is 828 g/mol. The largest absolute Gasteiger partial charge is 0.508 e. The Morgan fingerprint density at radius 1 is 0.820 bits per heavy atom. The van der Waals surface area contributed by atoms with E-state index >= 15 is 4.39 Å². The van der Waals surface area contributed by atoms with Gasteiger partial charge in [-0.1, -0.05) is 42.5 Å². The monoisotopic (exact) mass is 827 g/mol. The maximum absolute atomic E-state index is 16.2. The SMILES string of the molecule is O=C1CC[C@H](N2Cc3cc4c(cc3C2=O)OC[C@@H]2CN(CC3COC5(CCN(c6ccc([C@H]7c8ccc(O)cc8OC[C@H]7c7ccccc7)cc6F)CC5)C3)CCN42)C(=O)N1. The van der Waals surface area contributed by atoms with Crippen LogP contribution in [0.15, 0.2) is 78.9 Å². The molecule has 0 bridgehead atoms. The Morgan fingerprint density at radius 2 is 1.66 bits per heavy atom. The van der Waals surface area contributed by atoms with Crippen molar-refractivity contribution < 1.29 is 38.1 Å². The summed E-state index contributed by atoms with van der Waals surface area (Å²) in [6.45, 7) is 7.09. The van der Waals surface area contributed by atoms with Crippen LogP contribution in [0.2, 0.25) is 0 Å². The van der Waals surface area contributed by atoms with Crippen LogP contribution >= 0.6 is 0 Å². The molecule has 7 aliphatic rings. The zero-order valence-corrected chi connectivity index (χ0v) is 34.1. The second-order valence-corrected chi connectivity index (χ2v) is 18.1. The van der Waals surface area contributed by atoms with Crippen LogP contribution in [0.5, 0.6) is 17.2 Å². The number of anilines is 2. The number of ether oxygens (including phenoxy) is 3. The van der Waals surface area contributed by atoms with E-state index in [2.05, 4.69) is 44.3 Å². The summed E-state index contributed by atoms with van der Waals surface area (Å²) in [6, 6.07) is 24.6. The number of aromatic hydroxyl groups is 1. The number of phenolic OH excluding ortho intramolecular Hbond substituents is 1. The number of amides is 3. The molecule has 0 aromatic heterocycles.